The van der Waals surface area contributed by atoms with Crippen molar-refractivity contribution in [3.8, 4) is 0 Å². The molecule has 1 heterocycles. The summed E-state index contributed by atoms with van der Waals surface area (Å²) < 4.78 is 6.98. The topological polar surface area (TPSA) is 39.2 Å². The van der Waals surface area contributed by atoms with Crippen LogP contribution in [0, 0.1) is 11.8 Å². The molecule has 0 saturated heterocycles. The minimum atomic E-state index is 0.0297. The summed E-state index contributed by atoms with van der Waals surface area (Å²) in [5.41, 5.74) is 7.35. The second kappa shape index (κ2) is 5.29. The molecule has 19 heavy (non-hydrogen) atoms. The van der Waals surface area contributed by atoms with Gasteiger partial charge in [-0.2, -0.15) is 0 Å². The Morgan fingerprint density at radius 2 is 2.21 bits per heavy atom. The van der Waals surface area contributed by atoms with E-state index < -0.39 is 0 Å². The Hall–Kier alpha value is -0.800. The average molecular weight is 322 g/mol. The summed E-state index contributed by atoms with van der Waals surface area (Å²) >= 11 is 3.53. The van der Waals surface area contributed by atoms with Crippen molar-refractivity contribution in [1.82, 2.24) is 0 Å². The molecule has 1 aliphatic rings. The van der Waals surface area contributed by atoms with Crippen LogP contribution in [-0.4, -0.2) is 0 Å². The van der Waals surface area contributed by atoms with Crippen molar-refractivity contribution < 1.29 is 4.42 Å². The van der Waals surface area contributed by atoms with E-state index in [4.69, 9.17) is 10.2 Å². The number of hydrogen-bond acceptors (Lipinski definition) is 2. The average Bonchev–Trinajstić information content (AvgIpc) is 2.83. The van der Waals surface area contributed by atoms with Crippen molar-refractivity contribution in [3.05, 3.63) is 34.5 Å². The Labute approximate surface area is 122 Å². The third-order valence-electron chi connectivity index (χ3n) is 4.33. The summed E-state index contributed by atoms with van der Waals surface area (Å²) in [6.07, 6.45) is 5.08. The van der Waals surface area contributed by atoms with Crippen LogP contribution in [0.5, 0.6) is 0 Å². The van der Waals surface area contributed by atoms with Crippen LogP contribution in [0.4, 0.5) is 0 Å². The van der Waals surface area contributed by atoms with Gasteiger partial charge in [0.2, 0.25) is 0 Å². The van der Waals surface area contributed by atoms with Gasteiger partial charge in [0.05, 0.1) is 10.5 Å². The first kappa shape index (κ1) is 13.2. The van der Waals surface area contributed by atoms with E-state index in [1.165, 1.54) is 25.7 Å². The number of furan rings is 1. The van der Waals surface area contributed by atoms with Gasteiger partial charge < -0.3 is 10.2 Å². The summed E-state index contributed by atoms with van der Waals surface area (Å²) in [5.74, 6) is 2.28. The summed E-state index contributed by atoms with van der Waals surface area (Å²) in [6.45, 7) is 2.33. The first-order chi connectivity index (χ1) is 9.15. The maximum absolute atomic E-state index is 6.44. The third-order valence-corrected chi connectivity index (χ3v) is 4.95. The highest BCUT2D eigenvalue weighted by Gasteiger charge is 2.27. The normalized spacial score (nSPS) is 25.6. The van der Waals surface area contributed by atoms with Crippen molar-refractivity contribution in [3.63, 3.8) is 0 Å². The molecule has 1 aromatic carbocycles. The predicted octanol–water partition coefficient (Wildman–Crippen LogP) is 5.02. The fourth-order valence-corrected chi connectivity index (χ4v) is 3.71. The quantitative estimate of drug-likeness (QED) is 0.843. The highest BCUT2D eigenvalue weighted by molar-refractivity contribution is 9.10. The van der Waals surface area contributed by atoms with Crippen molar-refractivity contribution in [2.24, 2.45) is 17.6 Å². The van der Waals surface area contributed by atoms with Crippen molar-refractivity contribution in [2.75, 3.05) is 0 Å². The lowest BCUT2D eigenvalue weighted by molar-refractivity contribution is 0.233. The van der Waals surface area contributed by atoms with Crippen LogP contribution < -0.4 is 5.73 Å². The molecule has 1 fully saturated rings. The van der Waals surface area contributed by atoms with Gasteiger partial charge in [-0.1, -0.05) is 31.9 Å². The van der Waals surface area contributed by atoms with E-state index in [2.05, 4.69) is 35.0 Å². The van der Waals surface area contributed by atoms with Gasteiger partial charge >= 0.3 is 0 Å². The molecule has 1 aromatic heterocycles. The summed E-state index contributed by atoms with van der Waals surface area (Å²) in [4.78, 5) is 0. The molecule has 0 bridgehead atoms. The number of benzene rings is 1. The zero-order chi connectivity index (χ0) is 13.4. The Balaban J connectivity index is 1.88. The Morgan fingerprint density at radius 1 is 1.37 bits per heavy atom. The van der Waals surface area contributed by atoms with E-state index >= 15 is 0 Å². The molecule has 0 aliphatic heterocycles. The Bertz CT molecular complexity index is 577. The van der Waals surface area contributed by atoms with Crippen LogP contribution in [0.3, 0.4) is 0 Å². The predicted molar refractivity (Wildman–Crippen MR) is 82.0 cm³/mol. The fourth-order valence-electron chi connectivity index (χ4n) is 3.25. The van der Waals surface area contributed by atoms with Crippen LogP contribution in [0.1, 0.15) is 44.4 Å². The molecule has 3 unspecified atom stereocenters. The Kier molecular flexibility index (Phi) is 3.68. The van der Waals surface area contributed by atoms with Gasteiger partial charge in [-0.3, -0.25) is 0 Å². The molecule has 2 aromatic rings. The number of hydrogen-bond donors (Lipinski definition) is 1. The highest BCUT2D eigenvalue weighted by atomic mass is 79.9. The molecular weight excluding hydrogens is 302 g/mol. The van der Waals surface area contributed by atoms with Crippen LogP contribution in [0.25, 0.3) is 11.0 Å². The maximum Gasteiger partial charge on any atom is 0.148 e. The lowest BCUT2D eigenvalue weighted by Gasteiger charge is -2.30. The van der Waals surface area contributed by atoms with E-state index in [9.17, 15) is 0 Å². The van der Waals surface area contributed by atoms with E-state index in [0.29, 0.717) is 5.92 Å². The van der Waals surface area contributed by atoms with Crippen molar-refractivity contribution in [1.29, 1.82) is 0 Å². The van der Waals surface area contributed by atoms with E-state index in [-0.39, 0.29) is 6.04 Å². The molecule has 3 atom stereocenters. The van der Waals surface area contributed by atoms with Crippen LogP contribution in [-0.2, 0) is 0 Å². The van der Waals surface area contributed by atoms with Gasteiger partial charge in [-0.05, 0) is 52.7 Å². The van der Waals surface area contributed by atoms with Gasteiger partial charge in [0, 0.05) is 5.39 Å². The molecule has 0 amide bonds. The first-order valence-electron chi connectivity index (χ1n) is 7.08. The molecule has 0 radical (unpaired) electrons. The third kappa shape index (κ3) is 2.59. The molecule has 2 nitrogen and oxygen atoms in total. The largest absolute Gasteiger partial charge is 0.458 e. The second-order valence-electron chi connectivity index (χ2n) is 5.86. The Morgan fingerprint density at radius 3 is 2.95 bits per heavy atom. The molecule has 3 rings (SSSR count). The molecule has 3 heteroatoms. The highest BCUT2D eigenvalue weighted by Crippen LogP contribution is 2.38. The maximum atomic E-state index is 6.44. The van der Waals surface area contributed by atoms with Gasteiger partial charge in [0.1, 0.15) is 11.3 Å². The standard InChI is InChI=1S/C16H20BrNO/c1-10-4-2-5-11(8-10)15(18)14-9-12-6-3-7-13(17)16(12)19-14/h3,6-7,9-11,15H,2,4-5,8,18H2,1H3. The summed E-state index contributed by atoms with van der Waals surface area (Å²) in [7, 11) is 0. The molecule has 102 valence electrons. The van der Waals surface area contributed by atoms with Crippen LogP contribution in [0.2, 0.25) is 0 Å². The van der Waals surface area contributed by atoms with E-state index in [1.54, 1.807) is 0 Å². The molecule has 1 saturated carbocycles. The van der Waals surface area contributed by atoms with Crippen LogP contribution in [0.15, 0.2) is 33.2 Å². The van der Waals surface area contributed by atoms with E-state index in [1.807, 2.05) is 12.1 Å². The monoisotopic (exact) mass is 321 g/mol. The zero-order valence-electron chi connectivity index (χ0n) is 11.2. The van der Waals surface area contributed by atoms with Gasteiger partial charge in [0.25, 0.3) is 0 Å². The van der Waals surface area contributed by atoms with E-state index in [0.717, 1.165) is 27.1 Å². The van der Waals surface area contributed by atoms with Gasteiger partial charge in [0.15, 0.2) is 0 Å². The molecule has 2 N–H and O–H groups in total. The second-order valence-corrected chi connectivity index (χ2v) is 6.72. The molecule has 0 spiro atoms. The lowest BCUT2D eigenvalue weighted by Crippen LogP contribution is -2.25. The van der Waals surface area contributed by atoms with Crippen molar-refractivity contribution >= 4 is 26.9 Å². The van der Waals surface area contributed by atoms with Crippen LogP contribution >= 0.6 is 15.9 Å². The number of fused-ring (bicyclic) bond motifs is 1. The summed E-state index contributed by atoms with van der Waals surface area (Å²) in [6, 6.07) is 8.24. The smallest absolute Gasteiger partial charge is 0.148 e. The number of rotatable bonds is 2. The zero-order valence-corrected chi connectivity index (χ0v) is 12.8. The number of nitrogens with two attached hydrogens (primary N) is 1. The minimum Gasteiger partial charge on any atom is -0.458 e. The van der Waals surface area contributed by atoms with Gasteiger partial charge in [-0.15, -0.1) is 0 Å². The lowest BCUT2D eigenvalue weighted by atomic mass is 9.78. The SMILES string of the molecule is CC1CCCC(C(N)c2cc3cccc(Br)c3o2)C1. The first-order valence-corrected chi connectivity index (χ1v) is 7.88. The summed E-state index contributed by atoms with van der Waals surface area (Å²) in [5, 5.41) is 1.13. The van der Waals surface area contributed by atoms with Gasteiger partial charge in [-0.25, -0.2) is 0 Å². The number of para-hydroxylation sites is 1. The molecule has 1 aliphatic carbocycles. The molecular formula is C16H20BrNO. The number of halogens is 1. The fraction of sp³-hybridized carbons (Fsp3) is 0.500. The van der Waals surface area contributed by atoms with Crippen molar-refractivity contribution in [2.45, 2.75) is 38.6 Å². The minimum absolute atomic E-state index is 0.0297.